The van der Waals surface area contributed by atoms with Gasteiger partial charge < -0.3 is 5.32 Å². The summed E-state index contributed by atoms with van der Waals surface area (Å²) in [5, 5.41) is 3.32. The minimum atomic E-state index is 0.385. The summed E-state index contributed by atoms with van der Waals surface area (Å²) in [6, 6.07) is 2.54. The molecule has 0 amide bonds. The predicted octanol–water partition coefficient (Wildman–Crippen LogP) is 4.34. The van der Waals surface area contributed by atoms with E-state index in [1.165, 1.54) is 9.35 Å². The van der Waals surface area contributed by atoms with Gasteiger partial charge in [-0.1, -0.05) is 0 Å². The van der Waals surface area contributed by atoms with Gasteiger partial charge in [0.2, 0.25) is 0 Å². The Morgan fingerprint density at radius 3 is 2.80 bits per heavy atom. The van der Waals surface area contributed by atoms with Crippen LogP contribution in [0.25, 0.3) is 0 Å². The molecular formula is C11H13Br2NS. The Labute approximate surface area is 112 Å². The van der Waals surface area contributed by atoms with Crippen LogP contribution in [0.2, 0.25) is 0 Å². The molecule has 0 saturated heterocycles. The SMILES string of the molecule is C#CCCCC(NC)c1cc(Br)sc1Br. The number of thiophene rings is 1. The summed E-state index contributed by atoms with van der Waals surface area (Å²) in [7, 11) is 1.98. The van der Waals surface area contributed by atoms with E-state index in [1.54, 1.807) is 11.3 Å². The molecule has 1 atom stereocenters. The third kappa shape index (κ3) is 3.92. The van der Waals surface area contributed by atoms with Crippen LogP contribution < -0.4 is 5.32 Å². The summed E-state index contributed by atoms with van der Waals surface area (Å²) in [5.74, 6) is 2.67. The quantitative estimate of drug-likeness (QED) is 0.615. The van der Waals surface area contributed by atoms with Crippen LogP contribution in [-0.4, -0.2) is 7.05 Å². The number of halogens is 2. The van der Waals surface area contributed by atoms with Crippen LogP contribution in [0.3, 0.4) is 0 Å². The van der Waals surface area contributed by atoms with Gasteiger partial charge in [-0.05, 0) is 63.4 Å². The second kappa shape index (κ2) is 6.70. The highest BCUT2D eigenvalue weighted by Crippen LogP contribution is 2.36. The third-order valence-electron chi connectivity index (χ3n) is 2.22. The van der Waals surface area contributed by atoms with Gasteiger partial charge >= 0.3 is 0 Å². The fourth-order valence-corrected chi connectivity index (χ4v) is 4.43. The highest BCUT2D eigenvalue weighted by atomic mass is 79.9. The molecule has 0 bridgehead atoms. The molecule has 1 rings (SSSR count). The van der Waals surface area contributed by atoms with Crippen molar-refractivity contribution in [3.05, 3.63) is 19.2 Å². The summed E-state index contributed by atoms with van der Waals surface area (Å²) >= 11 is 8.77. The molecule has 1 aromatic heterocycles. The standard InChI is InChI=1S/C11H13Br2NS/c1-3-4-5-6-9(14-2)8-7-10(12)15-11(8)13/h1,7,9,14H,4-6H2,2H3. The van der Waals surface area contributed by atoms with Gasteiger partial charge in [0.05, 0.1) is 7.57 Å². The Hall–Kier alpha value is 0.180. The number of terminal acetylenes is 1. The first-order chi connectivity index (χ1) is 7.19. The van der Waals surface area contributed by atoms with Gasteiger partial charge in [-0.25, -0.2) is 0 Å². The Morgan fingerprint density at radius 2 is 2.33 bits per heavy atom. The molecule has 1 nitrogen and oxygen atoms in total. The molecule has 1 unspecified atom stereocenters. The van der Waals surface area contributed by atoms with Crippen molar-refractivity contribution in [2.45, 2.75) is 25.3 Å². The number of hydrogen-bond donors (Lipinski definition) is 1. The number of hydrogen-bond acceptors (Lipinski definition) is 2. The Balaban J connectivity index is 2.66. The zero-order valence-corrected chi connectivity index (χ0v) is 12.5. The molecule has 4 heteroatoms. The van der Waals surface area contributed by atoms with E-state index in [1.807, 2.05) is 7.05 Å². The lowest BCUT2D eigenvalue weighted by Gasteiger charge is -2.14. The molecule has 0 aliphatic rings. The first-order valence-corrected chi connectivity index (χ1v) is 7.14. The van der Waals surface area contributed by atoms with E-state index in [4.69, 9.17) is 6.42 Å². The van der Waals surface area contributed by atoms with Crippen LogP contribution in [0.1, 0.15) is 30.9 Å². The maximum Gasteiger partial charge on any atom is 0.0758 e. The third-order valence-corrected chi connectivity index (χ3v) is 4.61. The molecule has 1 N–H and O–H groups in total. The molecule has 1 heterocycles. The van der Waals surface area contributed by atoms with Crippen molar-refractivity contribution in [2.24, 2.45) is 0 Å². The molecule has 0 saturated carbocycles. The lowest BCUT2D eigenvalue weighted by atomic mass is 10.0. The predicted molar refractivity (Wildman–Crippen MR) is 74.2 cm³/mol. The summed E-state index contributed by atoms with van der Waals surface area (Å²) < 4.78 is 2.34. The van der Waals surface area contributed by atoms with Crippen LogP contribution >= 0.6 is 43.2 Å². The molecular weight excluding hydrogens is 338 g/mol. The van der Waals surface area contributed by atoms with Gasteiger partial charge in [-0.3, -0.25) is 0 Å². The van der Waals surface area contributed by atoms with E-state index >= 15 is 0 Å². The van der Waals surface area contributed by atoms with Crippen molar-refractivity contribution in [3.63, 3.8) is 0 Å². The Morgan fingerprint density at radius 1 is 1.60 bits per heavy atom. The summed E-state index contributed by atoms with van der Waals surface area (Å²) in [5.41, 5.74) is 1.31. The highest BCUT2D eigenvalue weighted by molar-refractivity contribution is 9.12. The first-order valence-electron chi connectivity index (χ1n) is 4.74. The molecule has 0 aromatic carbocycles. The summed E-state index contributed by atoms with van der Waals surface area (Å²) in [6.07, 6.45) is 8.22. The topological polar surface area (TPSA) is 12.0 Å². The lowest BCUT2D eigenvalue weighted by molar-refractivity contribution is 0.532. The van der Waals surface area contributed by atoms with Gasteiger partial charge in [-0.2, -0.15) is 0 Å². The van der Waals surface area contributed by atoms with Crippen molar-refractivity contribution < 1.29 is 0 Å². The molecule has 0 spiro atoms. The Bertz CT molecular complexity index is 354. The van der Waals surface area contributed by atoms with E-state index < -0.39 is 0 Å². The van der Waals surface area contributed by atoms with Gasteiger partial charge in [0, 0.05) is 12.5 Å². The maximum absolute atomic E-state index is 5.24. The average Bonchev–Trinajstić information content (AvgIpc) is 2.53. The van der Waals surface area contributed by atoms with E-state index in [9.17, 15) is 0 Å². The average molecular weight is 351 g/mol. The number of unbranched alkanes of at least 4 members (excludes halogenated alkanes) is 1. The minimum Gasteiger partial charge on any atom is -0.313 e. The normalized spacial score (nSPS) is 12.4. The molecule has 0 fully saturated rings. The minimum absolute atomic E-state index is 0.385. The largest absolute Gasteiger partial charge is 0.313 e. The van der Waals surface area contributed by atoms with Gasteiger partial charge in [0.1, 0.15) is 0 Å². The fourth-order valence-electron chi connectivity index (χ4n) is 1.45. The van der Waals surface area contributed by atoms with Crippen molar-refractivity contribution in [2.75, 3.05) is 7.05 Å². The molecule has 15 heavy (non-hydrogen) atoms. The smallest absolute Gasteiger partial charge is 0.0758 e. The molecule has 1 aromatic rings. The van der Waals surface area contributed by atoms with Gasteiger partial charge in [0.15, 0.2) is 0 Å². The van der Waals surface area contributed by atoms with E-state index in [0.29, 0.717) is 6.04 Å². The van der Waals surface area contributed by atoms with Crippen molar-refractivity contribution in [1.29, 1.82) is 0 Å². The van der Waals surface area contributed by atoms with E-state index in [-0.39, 0.29) is 0 Å². The van der Waals surface area contributed by atoms with Crippen molar-refractivity contribution >= 4 is 43.2 Å². The summed E-state index contributed by atoms with van der Waals surface area (Å²) in [6.45, 7) is 0. The number of nitrogens with one attached hydrogen (secondary N) is 1. The van der Waals surface area contributed by atoms with Crippen LogP contribution in [0.4, 0.5) is 0 Å². The van der Waals surface area contributed by atoms with Crippen LogP contribution in [0, 0.1) is 12.3 Å². The van der Waals surface area contributed by atoms with Crippen LogP contribution in [0.15, 0.2) is 13.6 Å². The first kappa shape index (κ1) is 13.2. The van der Waals surface area contributed by atoms with Crippen LogP contribution in [0.5, 0.6) is 0 Å². The lowest BCUT2D eigenvalue weighted by Crippen LogP contribution is -2.15. The second-order valence-corrected chi connectivity index (χ2v) is 6.97. The Kier molecular flexibility index (Phi) is 5.91. The summed E-state index contributed by atoms with van der Waals surface area (Å²) in [4.78, 5) is 0. The highest BCUT2D eigenvalue weighted by Gasteiger charge is 2.14. The monoisotopic (exact) mass is 349 g/mol. The molecule has 0 aliphatic carbocycles. The van der Waals surface area contributed by atoms with E-state index in [2.05, 4.69) is 49.2 Å². The molecule has 0 aliphatic heterocycles. The van der Waals surface area contributed by atoms with Crippen molar-refractivity contribution in [3.8, 4) is 12.3 Å². The second-order valence-electron chi connectivity index (χ2n) is 3.22. The maximum atomic E-state index is 5.24. The number of rotatable bonds is 5. The molecule has 82 valence electrons. The van der Waals surface area contributed by atoms with Gasteiger partial charge in [0.25, 0.3) is 0 Å². The fraction of sp³-hybridized carbons (Fsp3) is 0.455. The van der Waals surface area contributed by atoms with Gasteiger partial charge in [-0.15, -0.1) is 23.7 Å². The van der Waals surface area contributed by atoms with E-state index in [0.717, 1.165) is 23.0 Å². The zero-order chi connectivity index (χ0) is 11.3. The van der Waals surface area contributed by atoms with Crippen molar-refractivity contribution in [1.82, 2.24) is 5.32 Å². The zero-order valence-electron chi connectivity index (χ0n) is 8.52. The van der Waals surface area contributed by atoms with Crippen LogP contribution in [-0.2, 0) is 0 Å². The molecule has 0 radical (unpaired) electrons.